The summed E-state index contributed by atoms with van der Waals surface area (Å²) in [5.41, 5.74) is 0.868. The van der Waals surface area contributed by atoms with Gasteiger partial charge in [-0.1, -0.05) is 29.8 Å². The number of hydrogen-bond acceptors (Lipinski definition) is 4. The molecule has 1 aliphatic heterocycles. The first kappa shape index (κ1) is 16.6. The number of para-hydroxylation sites is 1. The Bertz CT molecular complexity index is 672. The number of halogens is 1. The van der Waals surface area contributed by atoms with Gasteiger partial charge in [-0.3, -0.25) is 4.79 Å². The first-order chi connectivity index (χ1) is 11.7. The van der Waals surface area contributed by atoms with Gasteiger partial charge in [-0.25, -0.2) is 4.98 Å². The fourth-order valence-electron chi connectivity index (χ4n) is 2.79. The molecule has 126 valence electrons. The second-order valence-corrected chi connectivity index (χ2v) is 6.12. The maximum Gasteiger partial charge on any atom is 0.224 e. The molecule has 1 aromatic heterocycles. The fraction of sp³-hybridized carbons (Fsp3) is 0.333. The van der Waals surface area contributed by atoms with E-state index < -0.39 is 0 Å². The summed E-state index contributed by atoms with van der Waals surface area (Å²) in [6.07, 6.45) is 2.27. The standard InChI is InChI=1S/C18H21ClN4O/c19-15-5-1-2-6-16(15)20-10-8-18(24)23-13-11-22(12-14-23)17-7-3-4-9-21-17/h1-7,9,20H,8,10-14H2. The van der Waals surface area contributed by atoms with E-state index in [2.05, 4.69) is 15.2 Å². The zero-order valence-electron chi connectivity index (χ0n) is 13.5. The van der Waals surface area contributed by atoms with Crippen LogP contribution in [-0.2, 0) is 4.79 Å². The van der Waals surface area contributed by atoms with Crippen molar-refractivity contribution in [2.75, 3.05) is 42.9 Å². The van der Waals surface area contributed by atoms with Crippen LogP contribution in [0.25, 0.3) is 0 Å². The van der Waals surface area contributed by atoms with Crippen molar-refractivity contribution >= 4 is 29.0 Å². The number of piperazine rings is 1. The number of nitrogens with zero attached hydrogens (tertiary/aromatic N) is 3. The molecule has 0 radical (unpaired) electrons. The molecular weight excluding hydrogens is 324 g/mol. The Morgan fingerprint density at radius 2 is 1.83 bits per heavy atom. The van der Waals surface area contributed by atoms with Gasteiger partial charge in [0.25, 0.3) is 0 Å². The highest BCUT2D eigenvalue weighted by atomic mass is 35.5. The number of amides is 1. The molecule has 1 saturated heterocycles. The van der Waals surface area contributed by atoms with Gasteiger partial charge in [0.1, 0.15) is 5.82 Å². The first-order valence-corrected chi connectivity index (χ1v) is 8.54. The lowest BCUT2D eigenvalue weighted by Crippen LogP contribution is -2.49. The molecular formula is C18H21ClN4O. The quantitative estimate of drug-likeness (QED) is 0.906. The minimum atomic E-state index is 0.176. The number of nitrogens with one attached hydrogen (secondary N) is 1. The Balaban J connectivity index is 1.43. The molecule has 1 aliphatic rings. The van der Waals surface area contributed by atoms with Crippen LogP contribution < -0.4 is 10.2 Å². The van der Waals surface area contributed by atoms with Crippen molar-refractivity contribution in [2.45, 2.75) is 6.42 Å². The van der Waals surface area contributed by atoms with Crippen molar-refractivity contribution in [1.82, 2.24) is 9.88 Å². The van der Waals surface area contributed by atoms with Crippen LogP contribution in [-0.4, -0.2) is 48.5 Å². The van der Waals surface area contributed by atoms with Gasteiger partial charge in [0, 0.05) is 45.3 Å². The number of carbonyl (C=O) groups excluding carboxylic acids is 1. The summed E-state index contributed by atoms with van der Waals surface area (Å²) in [7, 11) is 0. The van der Waals surface area contributed by atoms with Crippen LogP contribution in [0.5, 0.6) is 0 Å². The summed E-state index contributed by atoms with van der Waals surface area (Å²) in [6, 6.07) is 13.5. The van der Waals surface area contributed by atoms with Gasteiger partial charge in [-0.05, 0) is 24.3 Å². The predicted molar refractivity (Wildman–Crippen MR) is 97.6 cm³/mol. The Labute approximate surface area is 147 Å². The highest BCUT2D eigenvalue weighted by Gasteiger charge is 2.21. The zero-order valence-corrected chi connectivity index (χ0v) is 14.2. The Morgan fingerprint density at radius 3 is 2.54 bits per heavy atom. The summed E-state index contributed by atoms with van der Waals surface area (Å²) >= 11 is 6.09. The molecule has 0 aliphatic carbocycles. The molecule has 5 nitrogen and oxygen atoms in total. The first-order valence-electron chi connectivity index (χ1n) is 8.16. The second-order valence-electron chi connectivity index (χ2n) is 5.71. The van der Waals surface area contributed by atoms with Gasteiger partial charge in [0.15, 0.2) is 0 Å². The number of carbonyl (C=O) groups is 1. The van der Waals surface area contributed by atoms with Crippen molar-refractivity contribution in [3.8, 4) is 0 Å². The van der Waals surface area contributed by atoms with Crippen molar-refractivity contribution in [3.05, 3.63) is 53.7 Å². The van der Waals surface area contributed by atoms with Gasteiger partial charge in [0.05, 0.1) is 10.7 Å². The van der Waals surface area contributed by atoms with Crippen LogP contribution in [0.1, 0.15) is 6.42 Å². The van der Waals surface area contributed by atoms with Crippen LogP contribution in [0.2, 0.25) is 5.02 Å². The van der Waals surface area contributed by atoms with Crippen molar-refractivity contribution in [1.29, 1.82) is 0 Å². The lowest BCUT2D eigenvalue weighted by molar-refractivity contribution is -0.131. The van der Waals surface area contributed by atoms with Crippen LogP contribution in [0.3, 0.4) is 0 Å². The fourth-order valence-corrected chi connectivity index (χ4v) is 3.00. The third kappa shape index (κ3) is 4.17. The second kappa shape index (κ2) is 8.02. The maximum atomic E-state index is 12.3. The molecule has 0 atom stereocenters. The molecule has 1 N–H and O–H groups in total. The van der Waals surface area contributed by atoms with E-state index in [1.807, 2.05) is 47.4 Å². The number of anilines is 2. The van der Waals surface area contributed by atoms with E-state index in [1.54, 1.807) is 6.20 Å². The van der Waals surface area contributed by atoms with E-state index >= 15 is 0 Å². The zero-order chi connectivity index (χ0) is 16.8. The van der Waals surface area contributed by atoms with E-state index in [1.165, 1.54) is 0 Å². The van der Waals surface area contributed by atoms with Crippen LogP contribution in [0.4, 0.5) is 11.5 Å². The molecule has 1 aromatic carbocycles. The number of rotatable bonds is 5. The monoisotopic (exact) mass is 344 g/mol. The molecule has 24 heavy (non-hydrogen) atoms. The lowest BCUT2D eigenvalue weighted by atomic mass is 10.2. The molecule has 0 unspecified atom stereocenters. The van der Waals surface area contributed by atoms with Crippen molar-refractivity contribution in [2.24, 2.45) is 0 Å². The number of benzene rings is 1. The number of pyridine rings is 1. The number of hydrogen-bond donors (Lipinski definition) is 1. The maximum absolute atomic E-state index is 12.3. The molecule has 0 spiro atoms. The highest BCUT2D eigenvalue weighted by Crippen LogP contribution is 2.20. The summed E-state index contributed by atoms with van der Waals surface area (Å²) in [5.74, 6) is 1.15. The minimum Gasteiger partial charge on any atom is -0.383 e. The SMILES string of the molecule is O=C(CCNc1ccccc1Cl)N1CCN(c2ccccn2)CC1. The average Bonchev–Trinajstić information content (AvgIpc) is 2.64. The summed E-state index contributed by atoms with van der Waals surface area (Å²) in [6.45, 7) is 3.70. The van der Waals surface area contributed by atoms with Crippen LogP contribution >= 0.6 is 11.6 Å². The third-order valence-electron chi connectivity index (χ3n) is 4.13. The molecule has 2 heterocycles. The normalized spacial score (nSPS) is 14.5. The van der Waals surface area contributed by atoms with E-state index in [-0.39, 0.29) is 5.91 Å². The van der Waals surface area contributed by atoms with Crippen LogP contribution in [0.15, 0.2) is 48.7 Å². The van der Waals surface area contributed by atoms with E-state index in [4.69, 9.17) is 11.6 Å². The summed E-state index contributed by atoms with van der Waals surface area (Å²) in [5, 5.41) is 3.89. The van der Waals surface area contributed by atoms with E-state index in [0.717, 1.165) is 37.7 Å². The average molecular weight is 345 g/mol. The Morgan fingerprint density at radius 1 is 1.08 bits per heavy atom. The molecule has 3 rings (SSSR count). The van der Waals surface area contributed by atoms with Crippen molar-refractivity contribution in [3.63, 3.8) is 0 Å². The molecule has 6 heteroatoms. The predicted octanol–water partition coefficient (Wildman–Crippen LogP) is 2.89. The van der Waals surface area contributed by atoms with Gasteiger partial charge in [-0.2, -0.15) is 0 Å². The number of aromatic nitrogens is 1. The van der Waals surface area contributed by atoms with Gasteiger partial charge < -0.3 is 15.1 Å². The van der Waals surface area contributed by atoms with Crippen LogP contribution in [0, 0.1) is 0 Å². The lowest BCUT2D eigenvalue weighted by Gasteiger charge is -2.35. The smallest absolute Gasteiger partial charge is 0.224 e. The largest absolute Gasteiger partial charge is 0.383 e. The molecule has 1 amide bonds. The summed E-state index contributed by atoms with van der Waals surface area (Å²) in [4.78, 5) is 20.8. The van der Waals surface area contributed by atoms with E-state index in [9.17, 15) is 4.79 Å². The van der Waals surface area contributed by atoms with Gasteiger partial charge >= 0.3 is 0 Å². The summed E-state index contributed by atoms with van der Waals surface area (Å²) < 4.78 is 0. The third-order valence-corrected chi connectivity index (χ3v) is 4.46. The Kier molecular flexibility index (Phi) is 5.54. The van der Waals surface area contributed by atoms with Gasteiger partial charge in [0.2, 0.25) is 5.91 Å². The van der Waals surface area contributed by atoms with E-state index in [0.29, 0.717) is 18.0 Å². The minimum absolute atomic E-state index is 0.176. The topological polar surface area (TPSA) is 48.5 Å². The molecule has 1 fully saturated rings. The van der Waals surface area contributed by atoms with Crippen molar-refractivity contribution < 1.29 is 4.79 Å². The molecule has 2 aromatic rings. The molecule has 0 bridgehead atoms. The molecule has 0 saturated carbocycles. The van der Waals surface area contributed by atoms with Gasteiger partial charge in [-0.15, -0.1) is 0 Å². The Hall–Kier alpha value is -2.27. The highest BCUT2D eigenvalue weighted by molar-refractivity contribution is 6.33.